The number of phenolic OH excluding ortho intramolecular Hbond substituents is 1. The van der Waals surface area contributed by atoms with Crippen LogP contribution in [0.2, 0.25) is 0 Å². The zero-order chi connectivity index (χ0) is 21.7. The van der Waals surface area contributed by atoms with Crippen LogP contribution in [0.4, 0.5) is 0 Å². The highest BCUT2D eigenvalue weighted by atomic mass is 16.5. The van der Waals surface area contributed by atoms with Crippen molar-refractivity contribution in [2.45, 2.75) is 13.0 Å². The van der Waals surface area contributed by atoms with E-state index in [0.29, 0.717) is 12.0 Å². The molecule has 0 aliphatic heterocycles. The molecule has 0 fully saturated rings. The second-order valence-corrected chi connectivity index (χ2v) is 6.47. The number of carbonyl (C=O) groups is 1. The number of hydrogen-bond acceptors (Lipinski definition) is 6. The number of allylic oxidation sites excluding steroid dienone is 1. The Bertz CT molecular complexity index is 1210. The van der Waals surface area contributed by atoms with Crippen LogP contribution < -0.4 is 16.0 Å². The lowest BCUT2D eigenvalue weighted by atomic mass is 10.1. The number of aryl methyl sites for hydroxylation is 1. The van der Waals surface area contributed by atoms with E-state index in [1.165, 1.54) is 25.3 Å². The normalized spacial score (nSPS) is 11.0. The third kappa shape index (κ3) is 4.49. The highest BCUT2D eigenvalue weighted by molar-refractivity contribution is 6.08. The summed E-state index contributed by atoms with van der Waals surface area (Å²) in [7, 11) is 1.39. The number of nitrogens with one attached hydrogen (secondary N) is 1. The topological polar surface area (TPSA) is 122 Å². The first-order valence-electron chi connectivity index (χ1n) is 9.10. The van der Waals surface area contributed by atoms with E-state index < -0.39 is 28.5 Å². The summed E-state index contributed by atoms with van der Waals surface area (Å²) in [5.41, 5.74) is -0.816. The summed E-state index contributed by atoms with van der Waals surface area (Å²) in [6.45, 7) is 0.0879. The lowest BCUT2D eigenvalue weighted by molar-refractivity contribution is 0.104. The minimum Gasteiger partial charge on any atom is -0.504 e. The van der Waals surface area contributed by atoms with Gasteiger partial charge in [0.1, 0.15) is 5.56 Å². The molecule has 3 aromatic rings. The van der Waals surface area contributed by atoms with Crippen molar-refractivity contribution >= 4 is 11.9 Å². The molecule has 0 spiro atoms. The number of benzene rings is 2. The Hall–Kier alpha value is -4.07. The third-order valence-electron chi connectivity index (χ3n) is 4.52. The average molecular weight is 408 g/mol. The predicted molar refractivity (Wildman–Crippen MR) is 111 cm³/mol. The highest BCUT2D eigenvalue weighted by Crippen LogP contribution is 2.26. The van der Waals surface area contributed by atoms with Crippen molar-refractivity contribution < 1.29 is 19.7 Å². The monoisotopic (exact) mass is 408 g/mol. The molecule has 0 saturated carbocycles. The van der Waals surface area contributed by atoms with Crippen molar-refractivity contribution in [3.8, 4) is 17.4 Å². The van der Waals surface area contributed by atoms with Gasteiger partial charge in [-0.15, -0.1) is 0 Å². The van der Waals surface area contributed by atoms with E-state index in [1.54, 1.807) is 6.07 Å². The lowest BCUT2D eigenvalue weighted by Crippen LogP contribution is -2.34. The van der Waals surface area contributed by atoms with Gasteiger partial charge in [0.05, 0.1) is 7.11 Å². The molecule has 2 aromatic carbocycles. The Morgan fingerprint density at radius 2 is 1.87 bits per heavy atom. The molecule has 3 N–H and O–H groups in total. The minimum absolute atomic E-state index is 0.0550. The molecule has 3 rings (SSSR count). The molecule has 0 aliphatic carbocycles. The second kappa shape index (κ2) is 8.95. The van der Waals surface area contributed by atoms with Crippen LogP contribution in [-0.2, 0) is 13.0 Å². The summed E-state index contributed by atoms with van der Waals surface area (Å²) in [6, 6.07) is 13.8. The Morgan fingerprint density at radius 3 is 2.57 bits per heavy atom. The Balaban J connectivity index is 1.88. The van der Waals surface area contributed by atoms with Gasteiger partial charge in [0, 0.05) is 6.54 Å². The van der Waals surface area contributed by atoms with Gasteiger partial charge in [-0.25, -0.2) is 4.79 Å². The SMILES string of the molecule is COc1cc(/C=C/C(=O)c2c(O)n(CCc3ccccc3)c(=O)[nH]c2=O)ccc1O. The smallest absolute Gasteiger partial charge is 0.331 e. The van der Waals surface area contributed by atoms with Gasteiger partial charge in [-0.3, -0.25) is 19.1 Å². The van der Waals surface area contributed by atoms with Crippen molar-refractivity contribution in [2.24, 2.45) is 0 Å². The van der Waals surface area contributed by atoms with E-state index in [0.717, 1.165) is 16.2 Å². The largest absolute Gasteiger partial charge is 0.504 e. The first-order valence-corrected chi connectivity index (χ1v) is 9.10. The number of carbonyl (C=O) groups excluding carboxylic acids is 1. The molecule has 0 bridgehead atoms. The fraction of sp³-hybridized carbons (Fsp3) is 0.136. The maximum atomic E-state index is 12.6. The van der Waals surface area contributed by atoms with Gasteiger partial charge >= 0.3 is 5.69 Å². The number of methoxy groups -OCH3 is 1. The molecule has 30 heavy (non-hydrogen) atoms. The zero-order valence-electron chi connectivity index (χ0n) is 16.2. The van der Waals surface area contributed by atoms with Crippen LogP contribution in [0.25, 0.3) is 6.08 Å². The van der Waals surface area contributed by atoms with Crippen LogP contribution in [0.15, 0.2) is 64.2 Å². The van der Waals surface area contributed by atoms with E-state index in [-0.39, 0.29) is 18.0 Å². The summed E-state index contributed by atoms with van der Waals surface area (Å²) >= 11 is 0. The summed E-state index contributed by atoms with van der Waals surface area (Å²) in [4.78, 5) is 38.9. The predicted octanol–water partition coefficient (Wildman–Crippen LogP) is 2.10. The molecule has 1 heterocycles. The van der Waals surface area contributed by atoms with Crippen molar-refractivity contribution in [3.05, 3.63) is 92.1 Å². The minimum atomic E-state index is -0.966. The van der Waals surface area contributed by atoms with Gasteiger partial charge in [-0.05, 0) is 35.8 Å². The maximum Gasteiger partial charge on any atom is 0.331 e. The number of H-pyrrole nitrogens is 1. The van der Waals surface area contributed by atoms with Gasteiger partial charge in [-0.1, -0.05) is 42.5 Å². The van der Waals surface area contributed by atoms with Gasteiger partial charge < -0.3 is 14.9 Å². The summed E-state index contributed by atoms with van der Waals surface area (Å²) in [5, 5.41) is 20.1. The quantitative estimate of drug-likeness (QED) is 0.407. The van der Waals surface area contributed by atoms with Gasteiger partial charge in [-0.2, -0.15) is 0 Å². The van der Waals surface area contributed by atoms with Crippen LogP contribution in [0.3, 0.4) is 0 Å². The molecule has 0 amide bonds. The van der Waals surface area contributed by atoms with Crippen molar-refractivity contribution in [1.29, 1.82) is 0 Å². The van der Waals surface area contributed by atoms with Crippen LogP contribution in [0.1, 0.15) is 21.5 Å². The number of rotatable bonds is 7. The van der Waals surface area contributed by atoms with Crippen LogP contribution in [0, 0.1) is 0 Å². The standard InChI is InChI=1S/C22H20N2O6/c1-30-18-13-15(7-9-16(18)25)8-10-17(26)19-20(27)23-22(29)24(21(19)28)12-11-14-5-3-2-4-6-14/h2-10,13,25,28H,11-12H2,1H3,(H,23,27,29)/b10-8+. The van der Waals surface area contributed by atoms with Crippen molar-refractivity contribution in [3.63, 3.8) is 0 Å². The molecule has 154 valence electrons. The molecule has 0 atom stereocenters. The summed E-state index contributed by atoms with van der Waals surface area (Å²) in [6.07, 6.45) is 2.93. The number of aromatic hydroxyl groups is 2. The van der Waals surface area contributed by atoms with Crippen LogP contribution >= 0.6 is 0 Å². The summed E-state index contributed by atoms with van der Waals surface area (Å²) in [5.74, 6) is -1.29. The second-order valence-electron chi connectivity index (χ2n) is 6.47. The fourth-order valence-electron chi connectivity index (χ4n) is 2.93. The van der Waals surface area contributed by atoms with Crippen molar-refractivity contribution in [2.75, 3.05) is 7.11 Å². The lowest BCUT2D eigenvalue weighted by Gasteiger charge is -2.10. The Labute approximate surface area is 171 Å². The fourth-order valence-corrected chi connectivity index (χ4v) is 2.93. The number of aromatic nitrogens is 2. The van der Waals surface area contributed by atoms with Gasteiger partial charge in [0.15, 0.2) is 17.3 Å². The van der Waals surface area contributed by atoms with E-state index >= 15 is 0 Å². The molecular formula is C22H20N2O6. The number of aromatic amines is 1. The molecule has 8 heteroatoms. The number of hydrogen-bond donors (Lipinski definition) is 3. The maximum absolute atomic E-state index is 12.6. The van der Waals surface area contributed by atoms with E-state index in [4.69, 9.17) is 4.74 Å². The number of phenols is 1. The van der Waals surface area contributed by atoms with E-state index in [9.17, 15) is 24.6 Å². The first kappa shape index (κ1) is 20.7. The van der Waals surface area contributed by atoms with Crippen molar-refractivity contribution in [1.82, 2.24) is 9.55 Å². The number of nitrogens with zero attached hydrogens (tertiary/aromatic N) is 1. The highest BCUT2D eigenvalue weighted by Gasteiger charge is 2.19. The Morgan fingerprint density at radius 1 is 1.13 bits per heavy atom. The molecule has 0 unspecified atom stereocenters. The number of ether oxygens (including phenoxy) is 1. The third-order valence-corrected chi connectivity index (χ3v) is 4.52. The van der Waals surface area contributed by atoms with E-state index in [1.807, 2.05) is 30.3 Å². The molecule has 1 aromatic heterocycles. The first-order chi connectivity index (χ1) is 14.4. The number of ketones is 1. The molecular weight excluding hydrogens is 388 g/mol. The Kier molecular flexibility index (Phi) is 6.17. The van der Waals surface area contributed by atoms with Crippen LogP contribution in [0.5, 0.6) is 17.4 Å². The zero-order valence-corrected chi connectivity index (χ0v) is 16.2. The van der Waals surface area contributed by atoms with Crippen LogP contribution in [-0.4, -0.2) is 32.7 Å². The van der Waals surface area contributed by atoms with E-state index in [2.05, 4.69) is 4.98 Å². The molecule has 8 nitrogen and oxygen atoms in total. The van der Waals surface area contributed by atoms with Gasteiger partial charge in [0.2, 0.25) is 5.88 Å². The molecule has 0 radical (unpaired) electrons. The van der Waals surface area contributed by atoms with Gasteiger partial charge in [0.25, 0.3) is 5.56 Å². The molecule has 0 aliphatic rings. The summed E-state index contributed by atoms with van der Waals surface area (Å²) < 4.78 is 5.96. The molecule has 0 saturated heterocycles. The average Bonchev–Trinajstić information content (AvgIpc) is 2.73.